The number of carboxylic acid groups (broad SMARTS) is 1. The quantitative estimate of drug-likeness (QED) is 0.638. The monoisotopic (exact) mass is 335 g/mol. The minimum absolute atomic E-state index is 0.0424. The van der Waals surface area contributed by atoms with E-state index in [1.165, 1.54) is 5.56 Å². The molecule has 0 amide bonds. The van der Waals surface area contributed by atoms with Gasteiger partial charge in [-0.25, -0.2) is 0 Å². The number of ether oxygens (including phenoxy) is 1. The molecule has 1 aromatic rings. The van der Waals surface area contributed by atoms with E-state index in [-0.39, 0.29) is 5.41 Å². The highest BCUT2D eigenvalue weighted by Gasteiger charge is 2.36. The number of aliphatic carboxylic acids is 1. The number of hydrogen-bond acceptors (Lipinski definition) is 4. The Morgan fingerprint density at radius 3 is 1.96 bits per heavy atom. The van der Waals surface area contributed by atoms with Crippen molar-refractivity contribution in [2.45, 2.75) is 65.0 Å². The Bertz CT molecular complexity index is 579. The normalized spacial score (nSPS) is 14.8. The molecule has 134 valence electrons. The third-order valence-corrected chi connectivity index (χ3v) is 3.65. The molecule has 0 aliphatic carbocycles. The summed E-state index contributed by atoms with van der Waals surface area (Å²) in [5.41, 5.74) is 7.38. The van der Waals surface area contributed by atoms with Crippen LogP contribution in [-0.2, 0) is 26.2 Å². The summed E-state index contributed by atoms with van der Waals surface area (Å²) in [6.07, 6.45) is 0.292. The van der Waals surface area contributed by atoms with Gasteiger partial charge in [-0.2, -0.15) is 0 Å². The van der Waals surface area contributed by atoms with Crippen molar-refractivity contribution in [2.24, 2.45) is 11.7 Å². The first-order valence-corrected chi connectivity index (χ1v) is 8.12. The zero-order chi connectivity index (χ0) is 18.7. The van der Waals surface area contributed by atoms with Crippen molar-refractivity contribution >= 4 is 11.9 Å². The minimum atomic E-state index is -1.38. The van der Waals surface area contributed by atoms with Gasteiger partial charge in [-0.05, 0) is 43.7 Å². The van der Waals surface area contributed by atoms with E-state index in [1.807, 2.05) is 24.3 Å². The Hall–Kier alpha value is -1.88. The third-order valence-electron chi connectivity index (χ3n) is 3.65. The highest BCUT2D eigenvalue weighted by atomic mass is 16.6. The Morgan fingerprint density at radius 1 is 1.08 bits per heavy atom. The lowest BCUT2D eigenvalue weighted by atomic mass is 9.86. The molecule has 0 aromatic heterocycles. The number of carbonyl (C=O) groups is 2. The Labute approximate surface area is 144 Å². The summed E-state index contributed by atoms with van der Waals surface area (Å²) in [6.45, 7) is 11.5. The van der Waals surface area contributed by atoms with Crippen LogP contribution in [0.1, 0.15) is 52.7 Å². The average Bonchev–Trinajstić information content (AvgIpc) is 2.35. The van der Waals surface area contributed by atoms with Gasteiger partial charge < -0.3 is 15.6 Å². The molecule has 0 aliphatic rings. The Balaban J connectivity index is 2.88. The molecule has 1 aromatic carbocycles. The molecule has 2 unspecified atom stereocenters. The van der Waals surface area contributed by atoms with Gasteiger partial charge in [0.15, 0.2) is 5.92 Å². The molecule has 0 saturated carbocycles. The second kappa shape index (κ2) is 7.34. The van der Waals surface area contributed by atoms with Crippen molar-refractivity contribution in [3.8, 4) is 0 Å². The standard InChI is InChI=1S/C19H29NO4/c1-18(2,3)13-9-7-12(8-10-13)11-14(20)15(16(21)22)17(23)24-19(4,5)6/h7-10,14-15H,11,20H2,1-6H3,(H,21,22). The van der Waals surface area contributed by atoms with Gasteiger partial charge in [-0.3, -0.25) is 9.59 Å². The summed E-state index contributed by atoms with van der Waals surface area (Å²) in [5, 5.41) is 9.36. The highest BCUT2D eigenvalue weighted by molar-refractivity contribution is 5.95. The number of esters is 1. The molecule has 1 rings (SSSR count). The maximum absolute atomic E-state index is 12.1. The van der Waals surface area contributed by atoms with Crippen LogP contribution in [0.2, 0.25) is 0 Å². The molecule has 0 fully saturated rings. The molecule has 0 heterocycles. The molecule has 5 nitrogen and oxygen atoms in total. The van der Waals surface area contributed by atoms with Gasteiger partial charge >= 0.3 is 11.9 Å². The number of rotatable bonds is 5. The first-order chi connectivity index (χ1) is 10.8. The fourth-order valence-electron chi connectivity index (χ4n) is 2.35. The minimum Gasteiger partial charge on any atom is -0.481 e. The molecule has 24 heavy (non-hydrogen) atoms. The predicted molar refractivity (Wildman–Crippen MR) is 93.8 cm³/mol. The van der Waals surface area contributed by atoms with Gasteiger partial charge in [0, 0.05) is 6.04 Å². The fourth-order valence-corrected chi connectivity index (χ4v) is 2.35. The van der Waals surface area contributed by atoms with Gasteiger partial charge in [-0.1, -0.05) is 45.0 Å². The number of benzene rings is 1. The summed E-state index contributed by atoms with van der Waals surface area (Å²) < 4.78 is 5.18. The molecule has 0 aliphatic heterocycles. The molecule has 0 saturated heterocycles. The summed E-state index contributed by atoms with van der Waals surface area (Å²) in [5.74, 6) is -3.44. The first-order valence-electron chi connectivity index (χ1n) is 8.12. The molecular weight excluding hydrogens is 306 g/mol. The summed E-state index contributed by atoms with van der Waals surface area (Å²) in [4.78, 5) is 23.6. The lowest BCUT2D eigenvalue weighted by Crippen LogP contribution is -2.45. The van der Waals surface area contributed by atoms with Crippen LogP contribution in [0.5, 0.6) is 0 Å². The van der Waals surface area contributed by atoms with E-state index in [2.05, 4.69) is 20.8 Å². The number of carbonyl (C=O) groups excluding carboxylic acids is 1. The van der Waals surface area contributed by atoms with Crippen LogP contribution in [0.25, 0.3) is 0 Å². The van der Waals surface area contributed by atoms with Crippen LogP contribution in [-0.4, -0.2) is 28.7 Å². The Kier molecular flexibility index (Phi) is 6.17. The van der Waals surface area contributed by atoms with E-state index < -0.39 is 29.5 Å². The van der Waals surface area contributed by atoms with E-state index in [0.29, 0.717) is 6.42 Å². The van der Waals surface area contributed by atoms with Gasteiger partial charge in [0.2, 0.25) is 0 Å². The van der Waals surface area contributed by atoms with Crippen LogP contribution in [0.4, 0.5) is 0 Å². The fraction of sp³-hybridized carbons (Fsp3) is 0.579. The molecule has 3 N–H and O–H groups in total. The summed E-state index contributed by atoms with van der Waals surface area (Å²) in [6, 6.07) is 7.01. The van der Waals surface area contributed by atoms with Crippen molar-refractivity contribution in [3.63, 3.8) is 0 Å². The van der Waals surface area contributed by atoms with Crippen molar-refractivity contribution in [3.05, 3.63) is 35.4 Å². The zero-order valence-electron chi connectivity index (χ0n) is 15.4. The number of hydrogen-bond donors (Lipinski definition) is 2. The lowest BCUT2D eigenvalue weighted by Gasteiger charge is -2.25. The highest BCUT2D eigenvalue weighted by Crippen LogP contribution is 2.23. The Morgan fingerprint density at radius 2 is 1.58 bits per heavy atom. The van der Waals surface area contributed by atoms with E-state index >= 15 is 0 Å². The lowest BCUT2D eigenvalue weighted by molar-refractivity contribution is -0.167. The molecule has 0 radical (unpaired) electrons. The molecule has 2 atom stereocenters. The maximum atomic E-state index is 12.1. The third kappa shape index (κ3) is 5.96. The molecular formula is C19H29NO4. The SMILES string of the molecule is CC(C)(C)OC(=O)C(C(=O)O)C(N)Cc1ccc(C(C)(C)C)cc1. The average molecular weight is 335 g/mol. The summed E-state index contributed by atoms with van der Waals surface area (Å²) in [7, 11) is 0. The predicted octanol–water partition coefficient (Wildman–Crippen LogP) is 2.90. The number of carboxylic acids is 1. The van der Waals surface area contributed by atoms with Gasteiger partial charge in [-0.15, -0.1) is 0 Å². The van der Waals surface area contributed by atoms with E-state index in [9.17, 15) is 14.7 Å². The molecule has 0 bridgehead atoms. The topological polar surface area (TPSA) is 89.6 Å². The van der Waals surface area contributed by atoms with Crippen molar-refractivity contribution < 1.29 is 19.4 Å². The van der Waals surface area contributed by atoms with Crippen LogP contribution in [0, 0.1) is 5.92 Å². The number of nitrogens with two attached hydrogens (primary N) is 1. The van der Waals surface area contributed by atoms with Crippen LogP contribution < -0.4 is 5.73 Å². The van der Waals surface area contributed by atoms with Gasteiger partial charge in [0.25, 0.3) is 0 Å². The maximum Gasteiger partial charge on any atom is 0.322 e. The zero-order valence-corrected chi connectivity index (χ0v) is 15.4. The van der Waals surface area contributed by atoms with Crippen molar-refractivity contribution in [1.29, 1.82) is 0 Å². The second-order valence-electron chi connectivity index (χ2n) is 8.16. The van der Waals surface area contributed by atoms with Crippen LogP contribution in [0.3, 0.4) is 0 Å². The first kappa shape index (κ1) is 20.2. The molecule has 0 spiro atoms. The largest absolute Gasteiger partial charge is 0.481 e. The van der Waals surface area contributed by atoms with Gasteiger partial charge in [0.05, 0.1) is 0 Å². The smallest absolute Gasteiger partial charge is 0.322 e. The van der Waals surface area contributed by atoms with Crippen LogP contribution >= 0.6 is 0 Å². The van der Waals surface area contributed by atoms with E-state index in [4.69, 9.17) is 10.5 Å². The van der Waals surface area contributed by atoms with Crippen molar-refractivity contribution in [1.82, 2.24) is 0 Å². The molecule has 5 heteroatoms. The second-order valence-corrected chi connectivity index (χ2v) is 8.16. The summed E-state index contributed by atoms with van der Waals surface area (Å²) >= 11 is 0. The van der Waals surface area contributed by atoms with Crippen LogP contribution in [0.15, 0.2) is 24.3 Å². The van der Waals surface area contributed by atoms with E-state index in [0.717, 1.165) is 5.56 Å². The van der Waals surface area contributed by atoms with Gasteiger partial charge in [0.1, 0.15) is 5.60 Å². The van der Waals surface area contributed by atoms with Crippen molar-refractivity contribution in [2.75, 3.05) is 0 Å². The van der Waals surface area contributed by atoms with E-state index in [1.54, 1.807) is 20.8 Å².